The molecule has 0 fully saturated rings. The standard InChI is InChI=1S/C19H16ClN3O5S/c1-28-16-7-3-2-5-14(16)23-29(26,27)17-11-12(8-9-13(17)20)19(25)22-18-15(24)6-4-10-21-18/h2-11,23-24H,1H3,(H,21,22,25). The van der Waals surface area contributed by atoms with Crippen LogP contribution in [0.2, 0.25) is 5.02 Å². The summed E-state index contributed by atoms with van der Waals surface area (Å²) in [6.07, 6.45) is 1.39. The highest BCUT2D eigenvalue weighted by atomic mass is 35.5. The topological polar surface area (TPSA) is 118 Å². The minimum absolute atomic E-state index is 0.0138. The van der Waals surface area contributed by atoms with Gasteiger partial charge in [0.25, 0.3) is 15.9 Å². The van der Waals surface area contributed by atoms with Crippen LogP contribution in [-0.4, -0.2) is 31.5 Å². The van der Waals surface area contributed by atoms with Gasteiger partial charge in [0.2, 0.25) is 0 Å². The van der Waals surface area contributed by atoms with E-state index in [4.69, 9.17) is 16.3 Å². The van der Waals surface area contributed by atoms with Crippen molar-refractivity contribution < 1.29 is 23.1 Å². The number of methoxy groups -OCH3 is 1. The molecule has 3 N–H and O–H groups in total. The van der Waals surface area contributed by atoms with Crippen molar-refractivity contribution in [3.63, 3.8) is 0 Å². The van der Waals surface area contributed by atoms with Crippen LogP contribution >= 0.6 is 11.6 Å². The van der Waals surface area contributed by atoms with Gasteiger partial charge < -0.3 is 15.2 Å². The van der Waals surface area contributed by atoms with Gasteiger partial charge in [0.1, 0.15) is 10.6 Å². The number of para-hydroxylation sites is 2. The molecular formula is C19H16ClN3O5S. The minimum atomic E-state index is -4.12. The molecule has 3 aromatic rings. The van der Waals surface area contributed by atoms with Gasteiger partial charge in [0.15, 0.2) is 11.6 Å². The first kappa shape index (κ1) is 20.4. The molecule has 150 valence electrons. The van der Waals surface area contributed by atoms with E-state index >= 15 is 0 Å². The predicted molar refractivity (Wildman–Crippen MR) is 109 cm³/mol. The zero-order valence-corrected chi connectivity index (χ0v) is 16.7. The van der Waals surface area contributed by atoms with Crippen LogP contribution in [0.5, 0.6) is 11.5 Å². The van der Waals surface area contributed by atoms with Crippen LogP contribution in [0, 0.1) is 0 Å². The number of nitrogens with one attached hydrogen (secondary N) is 2. The summed E-state index contributed by atoms with van der Waals surface area (Å²) in [4.78, 5) is 16.0. The number of pyridine rings is 1. The Morgan fingerprint density at radius 2 is 1.90 bits per heavy atom. The first-order valence-corrected chi connectivity index (χ1v) is 10.1. The molecule has 0 spiro atoms. The minimum Gasteiger partial charge on any atom is -0.504 e. The summed E-state index contributed by atoms with van der Waals surface area (Å²) in [5.41, 5.74) is 0.235. The lowest BCUT2D eigenvalue weighted by atomic mass is 10.2. The fourth-order valence-electron chi connectivity index (χ4n) is 2.45. The Balaban J connectivity index is 1.92. The van der Waals surface area contributed by atoms with Crippen molar-refractivity contribution in [2.45, 2.75) is 4.90 Å². The first-order chi connectivity index (χ1) is 13.8. The lowest BCUT2D eigenvalue weighted by molar-refractivity contribution is 0.102. The van der Waals surface area contributed by atoms with Gasteiger partial charge in [-0.15, -0.1) is 0 Å². The number of ether oxygens (including phenoxy) is 1. The highest BCUT2D eigenvalue weighted by Gasteiger charge is 2.22. The quantitative estimate of drug-likeness (QED) is 0.547. The Bertz CT molecular complexity index is 1170. The van der Waals surface area contributed by atoms with E-state index in [1.54, 1.807) is 18.2 Å². The number of rotatable bonds is 6. The van der Waals surface area contributed by atoms with Crippen LogP contribution in [0.1, 0.15) is 10.4 Å². The monoisotopic (exact) mass is 433 g/mol. The molecule has 0 aliphatic heterocycles. The molecular weight excluding hydrogens is 418 g/mol. The van der Waals surface area contributed by atoms with E-state index < -0.39 is 15.9 Å². The molecule has 0 unspecified atom stereocenters. The number of nitrogens with zero attached hydrogens (tertiary/aromatic N) is 1. The molecule has 10 heteroatoms. The molecule has 3 rings (SSSR count). The van der Waals surface area contributed by atoms with Crippen LogP contribution in [0.3, 0.4) is 0 Å². The summed E-state index contributed by atoms with van der Waals surface area (Å²) in [5, 5.41) is 12.1. The van der Waals surface area contributed by atoms with Gasteiger partial charge in [0, 0.05) is 11.8 Å². The van der Waals surface area contributed by atoms with Crippen molar-refractivity contribution in [3.05, 3.63) is 71.4 Å². The van der Waals surface area contributed by atoms with E-state index in [1.807, 2.05) is 0 Å². The molecule has 0 aliphatic rings. The van der Waals surface area contributed by atoms with Gasteiger partial charge in [-0.2, -0.15) is 0 Å². The maximum absolute atomic E-state index is 12.8. The Kier molecular flexibility index (Phi) is 5.90. The second kappa shape index (κ2) is 8.38. The van der Waals surface area contributed by atoms with Crippen molar-refractivity contribution in [1.29, 1.82) is 0 Å². The van der Waals surface area contributed by atoms with Crippen molar-refractivity contribution >= 4 is 39.0 Å². The second-order valence-corrected chi connectivity index (χ2v) is 7.83. The summed E-state index contributed by atoms with van der Waals surface area (Å²) in [7, 11) is -2.71. The molecule has 0 saturated carbocycles. The molecule has 1 heterocycles. The number of carbonyl (C=O) groups is 1. The predicted octanol–water partition coefficient (Wildman–Crippen LogP) is 3.50. The van der Waals surface area contributed by atoms with Crippen LogP contribution < -0.4 is 14.8 Å². The fraction of sp³-hybridized carbons (Fsp3) is 0.0526. The highest BCUT2D eigenvalue weighted by molar-refractivity contribution is 7.92. The second-order valence-electron chi connectivity index (χ2n) is 5.78. The third-order valence-corrected chi connectivity index (χ3v) is 5.70. The molecule has 0 aliphatic carbocycles. The fourth-order valence-corrected chi connectivity index (χ4v) is 4.05. The third-order valence-electron chi connectivity index (χ3n) is 3.85. The van der Waals surface area contributed by atoms with Crippen LogP contribution in [0.25, 0.3) is 0 Å². The number of carbonyl (C=O) groups excluding carboxylic acids is 1. The van der Waals surface area contributed by atoms with Crippen molar-refractivity contribution in [1.82, 2.24) is 4.98 Å². The van der Waals surface area contributed by atoms with E-state index in [2.05, 4.69) is 15.0 Å². The summed E-state index contributed by atoms with van der Waals surface area (Å²) in [6, 6.07) is 13.1. The van der Waals surface area contributed by atoms with Gasteiger partial charge in [-0.1, -0.05) is 23.7 Å². The number of benzene rings is 2. The van der Waals surface area contributed by atoms with Crippen molar-refractivity contribution in [2.24, 2.45) is 0 Å². The Hall–Kier alpha value is -3.30. The van der Waals surface area contributed by atoms with Gasteiger partial charge in [-0.3, -0.25) is 9.52 Å². The van der Waals surface area contributed by atoms with Gasteiger partial charge in [0.05, 0.1) is 17.8 Å². The lowest BCUT2D eigenvalue weighted by Gasteiger charge is -2.13. The number of anilines is 2. The van der Waals surface area contributed by atoms with E-state index in [0.29, 0.717) is 5.75 Å². The SMILES string of the molecule is COc1ccccc1NS(=O)(=O)c1cc(C(=O)Nc2ncccc2O)ccc1Cl. The van der Waals surface area contributed by atoms with E-state index in [9.17, 15) is 18.3 Å². The number of sulfonamides is 1. The van der Waals surface area contributed by atoms with Crippen molar-refractivity contribution in [3.8, 4) is 11.5 Å². The van der Waals surface area contributed by atoms with Gasteiger partial charge in [-0.25, -0.2) is 13.4 Å². The number of amides is 1. The number of aromatic nitrogens is 1. The van der Waals surface area contributed by atoms with E-state index in [1.165, 1.54) is 43.6 Å². The molecule has 1 aromatic heterocycles. The Morgan fingerprint density at radius 1 is 1.14 bits per heavy atom. The van der Waals surface area contributed by atoms with Crippen LogP contribution in [-0.2, 0) is 10.0 Å². The summed E-state index contributed by atoms with van der Waals surface area (Å²) in [5.74, 6) is -0.611. The number of halogens is 1. The first-order valence-electron chi connectivity index (χ1n) is 8.22. The molecule has 0 radical (unpaired) electrons. The molecule has 8 nitrogen and oxygen atoms in total. The average molecular weight is 434 g/mol. The van der Waals surface area contributed by atoms with Gasteiger partial charge in [-0.05, 0) is 42.5 Å². The lowest BCUT2D eigenvalue weighted by Crippen LogP contribution is -2.17. The molecule has 29 heavy (non-hydrogen) atoms. The van der Waals surface area contributed by atoms with Crippen molar-refractivity contribution in [2.75, 3.05) is 17.1 Å². The Labute approximate surface area is 172 Å². The van der Waals surface area contributed by atoms with E-state index in [-0.39, 0.29) is 32.7 Å². The molecule has 0 bridgehead atoms. The number of aromatic hydroxyl groups is 1. The molecule has 0 saturated heterocycles. The normalized spacial score (nSPS) is 11.0. The largest absolute Gasteiger partial charge is 0.504 e. The molecule has 2 aromatic carbocycles. The highest BCUT2D eigenvalue weighted by Crippen LogP contribution is 2.29. The number of hydrogen-bond donors (Lipinski definition) is 3. The number of hydrogen-bond acceptors (Lipinski definition) is 6. The van der Waals surface area contributed by atoms with Crippen LogP contribution in [0.15, 0.2) is 65.7 Å². The van der Waals surface area contributed by atoms with Gasteiger partial charge >= 0.3 is 0 Å². The smallest absolute Gasteiger partial charge is 0.263 e. The summed E-state index contributed by atoms with van der Waals surface area (Å²) in [6.45, 7) is 0. The van der Waals surface area contributed by atoms with Crippen LogP contribution in [0.4, 0.5) is 11.5 Å². The zero-order valence-electron chi connectivity index (χ0n) is 15.1. The third kappa shape index (κ3) is 4.58. The molecule has 1 amide bonds. The molecule has 0 atom stereocenters. The Morgan fingerprint density at radius 3 is 2.62 bits per heavy atom. The maximum Gasteiger partial charge on any atom is 0.263 e. The zero-order chi connectivity index (χ0) is 21.0. The summed E-state index contributed by atoms with van der Waals surface area (Å²) >= 11 is 6.08. The maximum atomic E-state index is 12.8. The average Bonchev–Trinajstić information content (AvgIpc) is 2.70. The summed E-state index contributed by atoms with van der Waals surface area (Å²) < 4.78 is 33.2. The van der Waals surface area contributed by atoms with E-state index in [0.717, 1.165) is 6.07 Å².